The van der Waals surface area contributed by atoms with Crippen molar-refractivity contribution in [1.82, 2.24) is 25.2 Å². The summed E-state index contributed by atoms with van der Waals surface area (Å²) in [6.45, 7) is 0.446. The van der Waals surface area contributed by atoms with Gasteiger partial charge in [-0.2, -0.15) is 0 Å². The number of rotatable bonds is 3. The van der Waals surface area contributed by atoms with Gasteiger partial charge in [-0.15, -0.1) is 5.10 Å². The maximum Gasteiger partial charge on any atom is 0.273 e. The lowest BCUT2D eigenvalue weighted by Crippen LogP contribution is -2.36. The van der Waals surface area contributed by atoms with E-state index in [0.717, 1.165) is 4.68 Å². The number of nitrogens with zero attached hydrogens (tertiary/aromatic N) is 4. The number of halogens is 2. The topological polar surface area (TPSA) is 80.1 Å². The van der Waals surface area contributed by atoms with Gasteiger partial charge >= 0.3 is 0 Å². The van der Waals surface area contributed by atoms with E-state index >= 15 is 0 Å². The van der Waals surface area contributed by atoms with E-state index < -0.39 is 11.7 Å². The van der Waals surface area contributed by atoms with Crippen LogP contribution < -0.4 is 5.32 Å². The van der Waals surface area contributed by atoms with Crippen molar-refractivity contribution in [3.63, 3.8) is 0 Å². The third-order valence-electron chi connectivity index (χ3n) is 3.58. The minimum Gasteiger partial charge on any atom is -0.346 e. The van der Waals surface area contributed by atoms with Gasteiger partial charge in [0.15, 0.2) is 11.5 Å². The van der Waals surface area contributed by atoms with Gasteiger partial charge in [-0.3, -0.25) is 9.59 Å². The van der Waals surface area contributed by atoms with Gasteiger partial charge in [-0.25, -0.2) is 9.07 Å². The maximum absolute atomic E-state index is 13.9. The van der Waals surface area contributed by atoms with Gasteiger partial charge in [0.1, 0.15) is 5.69 Å². The Morgan fingerprint density at radius 3 is 2.96 bits per heavy atom. The van der Waals surface area contributed by atoms with Crippen molar-refractivity contribution < 1.29 is 14.0 Å². The zero-order valence-corrected chi connectivity index (χ0v) is 12.9. The maximum atomic E-state index is 13.9. The standard InChI is InChI=1S/C14H13ClFN5O2/c1-20-6-8(5-12(20)22)17-14(23)10-7-21(19-18-10)11-4-2-3-9(15)13(11)16/h2-4,7-8H,5-6H2,1H3,(H,17,23)/t8-/m0/s1. The lowest BCUT2D eigenvalue weighted by atomic mass is 10.2. The number of nitrogens with one attached hydrogen (secondary N) is 1. The third kappa shape index (κ3) is 3.02. The Labute approximate surface area is 136 Å². The molecule has 2 amide bonds. The van der Waals surface area contributed by atoms with E-state index in [1.807, 2.05) is 0 Å². The predicted molar refractivity (Wildman–Crippen MR) is 79.8 cm³/mol. The molecule has 1 fully saturated rings. The van der Waals surface area contributed by atoms with E-state index in [-0.39, 0.29) is 34.8 Å². The molecule has 120 valence electrons. The Kier molecular flexibility index (Phi) is 3.99. The number of amides is 2. The SMILES string of the molecule is CN1C[C@@H](NC(=O)c2cn(-c3cccc(Cl)c3F)nn2)CC1=O. The van der Waals surface area contributed by atoms with Gasteiger partial charge in [0.05, 0.1) is 17.3 Å². The first kappa shape index (κ1) is 15.4. The quantitative estimate of drug-likeness (QED) is 0.907. The molecule has 1 N–H and O–H groups in total. The van der Waals surface area contributed by atoms with E-state index in [9.17, 15) is 14.0 Å². The Balaban J connectivity index is 1.75. The van der Waals surface area contributed by atoms with Crippen LogP contribution in [0.2, 0.25) is 5.02 Å². The number of carbonyl (C=O) groups is 2. The lowest BCUT2D eigenvalue weighted by Gasteiger charge is -2.10. The third-order valence-corrected chi connectivity index (χ3v) is 3.87. The normalized spacial score (nSPS) is 17.6. The molecular formula is C14H13ClFN5O2. The second kappa shape index (κ2) is 5.96. The fraction of sp³-hybridized carbons (Fsp3) is 0.286. The Morgan fingerprint density at radius 2 is 2.26 bits per heavy atom. The number of benzene rings is 1. The van der Waals surface area contributed by atoms with Crippen LogP contribution in [0.3, 0.4) is 0 Å². The first-order chi connectivity index (χ1) is 11.0. The van der Waals surface area contributed by atoms with Gasteiger partial charge in [-0.1, -0.05) is 22.9 Å². The van der Waals surface area contributed by atoms with Crippen LogP contribution in [-0.4, -0.2) is 51.3 Å². The highest BCUT2D eigenvalue weighted by molar-refractivity contribution is 6.30. The number of hydrogen-bond acceptors (Lipinski definition) is 4. The summed E-state index contributed by atoms with van der Waals surface area (Å²) in [5, 5.41) is 10.1. The van der Waals surface area contributed by atoms with Gasteiger partial charge in [0.25, 0.3) is 5.91 Å². The van der Waals surface area contributed by atoms with Gasteiger partial charge in [0.2, 0.25) is 5.91 Å². The van der Waals surface area contributed by atoms with Crippen LogP contribution >= 0.6 is 11.6 Å². The summed E-state index contributed by atoms with van der Waals surface area (Å²) in [7, 11) is 1.67. The van der Waals surface area contributed by atoms with Crippen LogP contribution in [0.15, 0.2) is 24.4 Å². The Morgan fingerprint density at radius 1 is 1.48 bits per heavy atom. The zero-order chi connectivity index (χ0) is 16.6. The average Bonchev–Trinajstić information content (AvgIpc) is 3.10. The average molecular weight is 338 g/mol. The fourth-order valence-corrected chi connectivity index (χ4v) is 2.54. The smallest absolute Gasteiger partial charge is 0.273 e. The lowest BCUT2D eigenvalue weighted by molar-refractivity contribution is -0.126. The molecule has 7 nitrogen and oxygen atoms in total. The monoisotopic (exact) mass is 337 g/mol. The first-order valence-electron chi connectivity index (χ1n) is 6.87. The molecule has 1 atom stereocenters. The summed E-state index contributed by atoms with van der Waals surface area (Å²) in [5.41, 5.74) is 0.131. The van der Waals surface area contributed by atoms with E-state index in [1.165, 1.54) is 18.3 Å². The van der Waals surface area contributed by atoms with Crippen molar-refractivity contribution in [2.45, 2.75) is 12.5 Å². The minimum atomic E-state index is -0.644. The molecule has 3 rings (SSSR count). The van der Waals surface area contributed by atoms with Crippen LogP contribution in [0.4, 0.5) is 4.39 Å². The second-order valence-electron chi connectivity index (χ2n) is 5.27. The van der Waals surface area contributed by atoms with Crippen LogP contribution in [0.5, 0.6) is 0 Å². The number of hydrogen-bond donors (Lipinski definition) is 1. The van der Waals surface area contributed by atoms with Crippen molar-refractivity contribution in [2.75, 3.05) is 13.6 Å². The van der Waals surface area contributed by atoms with E-state index in [4.69, 9.17) is 11.6 Å². The summed E-state index contributed by atoms with van der Waals surface area (Å²) < 4.78 is 15.1. The highest BCUT2D eigenvalue weighted by atomic mass is 35.5. The molecule has 23 heavy (non-hydrogen) atoms. The molecule has 2 aromatic rings. The zero-order valence-electron chi connectivity index (χ0n) is 12.2. The summed E-state index contributed by atoms with van der Waals surface area (Å²) in [5.74, 6) is -1.14. The van der Waals surface area contributed by atoms with Crippen molar-refractivity contribution in [3.05, 3.63) is 40.9 Å². The predicted octanol–water partition coefficient (Wildman–Crippen LogP) is 1.02. The van der Waals surface area contributed by atoms with Crippen LogP contribution in [0.25, 0.3) is 5.69 Å². The highest BCUT2D eigenvalue weighted by Gasteiger charge is 2.28. The molecule has 9 heteroatoms. The van der Waals surface area contributed by atoms with E-state index in [1.54, 1.807) is 18.0 Å². The molecule has 0 radical (unpaired) electrons. The molecule has 1 saturated heterocycles. The molecular weight excluding hydrogens is 325 g/mol. The summed E-state index contributed by atoms with van der Waals surface area (Å²) in [6.07, 6.45) is 1.56. The van der Waals surface area contributed by atoms with Gasteiger partial charge in [-0.05, 0) is 12.1 Å². The number of likely N-dealkylation sites (tertiary alicyclic amines) is 1. The van der Waals surface area contributed by atoms with Gasteiger partial charge < -0.3 is 10.2 Å². The van der Waals surface area contributed by atoms with Crippen LogP contribution in [0, 0.1) is 5.82 Å². The van der Waals surface area contributed by atoms with Crippen molar-refractivity contribution in [1.29, 1.82) is 0 Å². The Bertz CT molecular complexity index is 778. The van der Waals surface area contributed by atoms with Crippen molar-refractivity contribution in [2.24, 2.45) is 0 Å². The number of likely N-dealkylation sites (N-methyl/N-ethyl adjacent to an activating group) is 1. The molecule has 0 bridgehead atoms. The second-order valence-corrected chi connectivity index (χ2v) is 5.68. The Hall–Kier alpha value is -2.48. The van der Waals surface area contributed by atoms with Crippen molar-refractivity contribution in [3.8, 4) is 5.69 Å². The van der Waals surface area contributed by atoms with Crippen LogP contribution in [0.1, 0.15) is 16.9 Å². The molecule has 1 aromatic carbocycles. The summed E-state index contributed by atoms with van der Waals surface area (Å²) in [4.78, 5) is 25.1. The molecule has 2 heterocycles. The van der Waals surface area contributed by atoms with Crippen LogP contribution in [-0.2, 0) is 4.79 Å². The van der Waals surface area contributed by atoms with E-state index in [0.29, 0.717) is 6.54 Å². The molecule has 0 unspecified atom stereocenters. The van der Waals surface area contributed by atoms with E-state index in [2.05, 4.69) is 15.6 Å². The minimum absolute atomic E-state index is 0.0278. The molecule has 0 aliphatic carbocycles. The molecule has 0 saturated carbocycles. The highest BCUT2D eigenvalue weighted by Crippen LogP contribution is 2.20. The fourth-order valence-electron chi connectivity index (χ4n) is 2.37. The first-order valence-corrected chi connectivity index (χ1v) is 7.25. The summed E-state index contributed by atoms with van der Waals surface area (Å²) in [6, 6.07) is 4.19. The number of carbonyl (C=O) groups excluding carboxylic acids is 2. The van der Waals surface area contributed by atoms with Crippen molar-refractivity contribution >= 4 is 23.4 Å². The molecule has 1 aliphatic rings. The number of aromatic nitrogens is 3. The summed E-state index contributed by atoms with van der Waals surface area (Å²) >= 11 is 5.72. The molecule has 1 aromatic heterocycles. The van der Waals surface area contributed by atoms with Gasteiger partial charge in [0, 0.05) is 20.0 Å². The molecule has 1 aliphatic heterocycles. The largest absolute Gasteiger partial charge is 0.346 e. The molecule has 0 spiro atoms.